The summed E-state index contributed by atoms with van der Waals surface area (Å²) in [5.74, 6) is 1.21. The predicted molar refractivity (Wildman–Crippen MR) is 67.3 cm³/mol. The first-order chi connectivity index (χ1) is 8.08. The molecule has 1 saturated heterocycles. The van der Waals surface area contributed by atoms with Gasteiger partial charge in [0.05, 0.1) is 11.7 Å². The summed E-state index contributed by atoms with van der Waals surface area (Å²) >= 11 is 1.89. The van der Waals surface area contributed by atoms with Crippen molar-refractivity contribution in [1.82, 2.24) is 9.97 Å². The van der Waals surface area contributed by atoms with E-state index >= 15 is 0 Å². The molecule has 1 aliphatic heterocycles. The average molecular weight is 252 g/mol. The molecule has 0 amide bonds. The summed E-state index contributed by atoms with van der Waals surface area (Å²) < 4.78 is 0. The first-order valence-corrected chi connectivity index (χ1v) is 6.80. The third-order valence-corrected chi connectivity index (χ3v) is 4.36. The van der Waals surface area contributed by atoms with Crippen LogP contribution in [-0.4, -0.2) is 26.8 Å². The maximum Gasteiger partial charge on any atom is 0.307 e. The van der Waals surface area contributed by atoms with Crippen LogP contribution in [0.2, 0.25) is 0 Å². The van der Waals surface area contributed by atoms with Crippen molar-refractivity contribution in [3.63, 3.8) is 0 Å². The van der Waals surface area contributed by atoms with E-state index in [1.54, 1.807) is 0 Å². The van der Waals surface area contributed by atoms with Gasteiger partial charge < -0.3 is 5.11 Å². The number of hydrogen-bond acceptors (Lipinski definition) is 4. The van der Waals surface area contributed by atoms with Crippen molar-refractivity contribution in [3.8, 4) is 0 Å². The second-order valence-corrected chi connectivity index (χ2v) is 5.61. The highest BCUT2D eigenvalue weighted by Gasteiger charge is 2.22. The molecule has 0 spiro atoms. The highest BCUT2D eigenvalue weighted by atomic mass is 32.2. The number of hydrogen-bond donors (Lipinski definition) is 1. The van der Waals surface area contributed by atoms with E-state index in [1.165, 1.54) is 12.2 Å². The van der Waals surface area contributed by atoms with E-state index in [9.17, 15) is 4.79 Å². The summed E-state index contributed by atoms with van der Waals surface area (Å²) in [6.07, 6.45) is 2.35. The summed E-state index contributed by atoms with van der Waals surface area (Å²) in [5.41, 5.74) is 2.37. The van der Waals surface area contributed by atoms with Crippen molar-refractivity contribution >= 4 is 17.7 Å². The Morgan fingerprint density at radius 3 is 2.53 bits per heavy atom. The molecule has 92 valence electrons. The summed E-state index contributed by atoms with van der Waals surface area (Å²) in [4.78, 5) is 19.7. The first-order valence-electron chi connectivity index (χ1n) is 5.75. The minimum atomic E-state index is -0.831. The van der Waals surface area contributed by atoms with Gasteiger partial charge in [0.25, 0.3) is 0 Å². The number of carboxylic acids is 1. The number of aliphatic carboxylic acids is 1. The number of nitrogens with zero attached hydrogens (tertiary/aromatic N) is 2. The number of aryl methyl sites for hydroxylation is 2. The van der Waals surface area contributed by atoms with Gasteiger partial charge in [0.1, 0.15) is 5.82 Å². The Balaban J connectivity index is 2.30. The van der Waals surface area contributed by atoms with Gasteiger partial charge in [-0.1, -0.05) is 0 Å². The standard InChI is InChI=1S/C12H16N2O2S/c1-7-9(6-11(15)16)8(2)14-12(13-7)10-4-3-5-17-10/h10H,3-6H2,1-2H3,(H,15,16). The van der Waals surface area contributed by atoms with Crippen LogP contribution in [0, 0.1) is 13.8 Å². The van der Waals surface area contributed by atoms with Crippen LogP contribution in [0.5, 0.6) is 0 Å². The Labute approximate surface area is 105 Å². The van der Waals surface area contributed by atoms with Crippen LogP contribution >= 0.6 is 11.8 Å². The molecule has 5 heteroatoms. The van der Waals surface area contributed by atoms with Crippen LogP contribution in [0.15, 0.2) is 0 Å². The summed E-state index contributed by atoms with van der Waals surface area (Å²) in [6, 6.07) is 0. The van der Waals surface area contributed by atoms with Crippen LogP contribution in [0.3, 0.4) is 0 Å². The van der Waals surface area contributed by atoms with Gasteiger partial charge in [-0.15, -0.1) is 0 Å². The molecule has 0 radical (unpaired) electrons. The second-order valence-electron chi connectivity index (χ2n) is 4.30. The van der Waals surface area contributed by atoms with Crippen molar-refractivity contribution in [2.75, 3.05) is 5.75 Å². The van der Waals surface area contributed by atoms with E-state index in [0.717, 1.165) is 29.2 Å². The predicted octanol–water partition coefficient (Wildman–Crippen LogP) is 2.29. The Hall–Kier alpha value is -1.10. The van der Waals surface area contributed by atoms with Gasteiger partial charge in [0.2, 0.25) is 0 Å². The Morgan fingerprint density at radius 1 is 1.41 bits per heavy atom. The summed E-state index contributed by atoms with van der Waals surface area (Å²) in [5, 5.41) is 9.23. The molecule has 0 bridgehead atoms. The molecule has 1 atom stereocenters. The lowest BCUT2D eigenvalue weighted by molar-refractivity contribution is -0.136. The van der Waals surface area contributed by atoms with Gasteiger partial charge >= 0.3 is 5.97 Å². The van der Waals surface area contributed by atoms with Gasteiger partial charge in [0, 0.05) is 17.0 Å². The molecule has 0 aromatic carbocycles. The molecule has 0 saturated carbocycles. The van der Waals surface area contributed by atoms with Gasteiger partial charge in [0.15, 0.2) is 0 Å². The van der Waals surface area contributed by atoms with E-state index in [2.05, 4.69) is 9.97 Å². The molecule has 1 aromatic heterocycles. The van der Waals surface area contributed by atoms with Crippen LogP contribution in [-0.2, 0) is 11.2 Å². The normalized spacial score (nSPS) is 19.5. The zero-order valence-electron chi connectivity index (χ0n) is 10.1. The third-order valence-electron chi connectivity index (χ3n) is 2.98. The maximum atomic E-state index is 10.8. The van der Waals surface area contributed by atoms with Crippen LogP contribution < -0.4 is 0 Å². The van der Waals surface area contributed by atoms with Crippen molar-refractivity contribution in [2.45, 2.75) is 38.4 Å². The topological polar surface area (TPSA) is 63.1 Å². The molecule has 1 fully saturated rings. The van der Waals surface area contributed by atoms with Crippen molar-refractivity contribution < 1.29 is 9.90 Å². The number of carbonyl (C=O) groups is 1. The van der Waals surface area contributed by atoms with Crippen LogP contribution in [0.4, 0.5) is 0 Å². The van der Waals surface area contributed by atoms with Gasteiger partial charge in [-0.3, -0.25) is 4.79 Å². The lowest BCUT2D eigenvalue weighted by atomic mass is 10.1. The quantitative estimate of drug-likeness (QED) is 0.894. The molecule has 1 unspecified atom stereocenters. The summed E-state index contributed by atoms with van der Waals surface area (Å²) in [7, 11) is 0. The fourth-order valence-electron chi connectivity index (χ4n) is 2.10. The van der Waals surface area contributed by atoms with Crippen molar-refractivity contribution in [1.29, 1.82) is 0 Å². The van der Waals surface area contributed by atoms with Crippen LogP contribution in [0.25, 0.3) is 0 Å². The zero-order chi connectivity index (χ0) is 12.4. The van der Waals surface area contributed by atoms with Gasteiger partial charge in [-0.2, -0.15) is 11.8 Å². The molecule has 2 rings (SSSR count). The molecule has 2 heterocycles. The second kappa shape index (κ2) is 5.04. The lowest BCUT2D eigenvalue weighted by Gasteiger charge is -2.12. The monoisotopic (exact) mass is 252 g/mol. The fraction of sp³-hybridized carbons (Fsp3) is 0.583. The molecule has 17 heavy (non-hydrogen) atoms. The highest BCUT2D eigenvalue weighted by Crippen LogP contribution is 2.38. The average Bonchev–Trinajstić information content (AvgIpc) is 2.76. The molecule has 1 aliphatic rings. The van der Waals surface area contributed by atoms with E-state index in [0.29, 0.717) is 5.25 Å². The Kier molecular flexibility index (Phi) is 3.66. The molecule has 4 nitrogen and oxygen atoms in total. The first kappa shape index (κ1) is 12.4. The zero-order valence-corrected chi connectivity index (χ0v) is 10.9. The highest BCUT2D eigenvalue weighted by molar-refractivity contribution is 7.99. The van der Waals surface area contributed by atoms with Crippen molar-refractivity contribution in [3.05, 3.63) is 22.8 Å². The molecular formula is C12H16N2O2S. The molecule has 1 aromatic rings. The maximum absolute atomic E-state index is 10.8. The van der Waals surface area contributed by atoms with Crippen molar-refractivity contribution in [2.24, 2.45) is 0 Å². The molecule has 1 N–H and O–H groups in total. The summed E-state index contributed by atoms with van der Waals surface area (Å²) in [6.45, 7) is 3.74. The van der Waals surface area contributed by atoms with Gasteiger partial charge in [-0.05, 0) is 32.4 Å². The van der Waals surface area contributed by atoms with Gasteiger partial charge in [-0.25, -0.2) is 9.97 Å². The Bertz CT molecular complexity index is 419. The molecular weight excluding hydrogens is 236 g/mol. The minimum Gasteiger partial charge on any atom is -0.481 e. The largest absolute Gasteiger partial charge is 0.481 e. The molecule has 0 aliphatic carbocycles. The van der Waals surface area contributed by atoms with E-state index in [1.807, 2.05) is 25.6 Å². The SMILES string of the molecule is Cc1nc(C2CCCS2)nc(C)c1CC(=O)O. The van der Waals surface area contributed by atoms with E-state index in [4.69, 9.17) is 5.11 Å². The number of aromatic nitrogens is 2. The number of thioether (sulfide) groups is 1. The minimum absolute atomic E-state index is 0.00968. The smallest absolute Gasteiger partial charge is 0.307 e. The third kappa shape index (κ3) is 2.77. The number of carboxylic acid groups (broad SMARTS) is 1. The van der Waals surface area contributed by atoms with E-state index < -0.39 is 5.97 Å². The lowest BCUT2D eigenvalue weighted by Crippen LogP contribution is -2.10. The van der Waals surface area contributed by atoms with E-state index in [-0.39, 0.29) is 6.42 Å². The fourth-order valence-corrected chi connectivity index (χ4v) is 3.30. The Morgan fingerprint density at radius 2 is 2.06 bits per heavy atom. The number of rotatable bonds is 3. The van der Waals surface area contributed by atoms with Crippen LogP contribution in [0.1, 0.15) is 40.9 Å².